The molecule has 0 saturated carbocycles. The monoisotopic (exact) mass is 388 g/mol. The van der Waals surface area contributed by atoms with Crippen LogP contribution in [-0.4, -0.2) is 24.1 Å². The summed E-state index contributed by atoms with van der Waals surface area (Å²) in [7, 11) is 0. The molecule has 2 aromatic carbocycles. The van der Waals surface area contributed by atoms with Gasteiger partial charge in [0.1, 0.15) is 17.4 Å². The van der Waals surface area contributed by atoms with Crippen LogP contribution in [0.3, 0.4) is 0 Å². The van der Waals surface area contributed by atoms with Gasteiger partial charge in [-0.05, 0) is 62.1 Å². The van der Waals surface area contributed by atoms with Gasteiger partial charge < -0.3 is 9.15 Å². The molecule has 1 fully saturated rings. The summed E-state index contributed by atoms with van der Waals surface area (Å²) < 4.78 is 11.6. The second kappa shape index (κ2) is 8.10. The molecule has 148 valence electrons. The highest BCUT2D eigenvalue weighted by Crippen LogP contribution is 2.26. The van der Waals surface area contributed by atoms with Gasteiger partial charge >= 0.3 is 5.63 Å². The summed E-state index contributed by atoms with van der Waals surface area (Å²) in [6.07, 6.45) is 2.05. The topological polar surface area (TPSA) is 66.5 Å². The van der Waals surface area contributed by atoms with Crippen molar-refractivity contribution in [3.05, 3.63) is 75.1 Å². The number of hydrogen-bond donors (Lipinski definition) is 0. The van der Waals surface area contributed by atoms with Crippen LogP contribution in [-0.2, 0) is 6.54 Å². The minimum atomic E-state index is -0.289. The van der Waals surface area contributed by atoms with Crippen LogP contribution in [0.5, 0.6) is 5.75 Å². The molecule has 0 amide bonds. The first kappa shape index (κ1) is 19.2. The lowest BCUT2D eigenvalue weighted by Crippen LogP contribution is -2.37. The lowest BCUT2D eigenvalue weighted by molar-refractivity contribution is 0.0968. The molecule has 29 heavy (non-hydrogen) atoms. The molecular weight excluding hydrogens is 364 g/mol. The first-order valence-corrected chi connectivity index (χ1v) is 9.95. The van der Waals surface area contributed by atoms with E-state index in [4.69, 9.17) is 14.4 Å². The van der Waals surface area contributed by atoms with E-state index in [1.807, 2.05) is 49.4 Å². The van der Waals surface area contributed by atoms with Crippen molar-refractivity contribution in [2.45, 2.75) is 39.3 Å². The van der Waals surface area contributed by atoms with E-state index in [9.17, 15) is 4.79 Å². The Morgan fingerprint density at radius 3 is 2.52 bits per heavy atom. The van der Waals surface area contributed by atoms with Gasteiger partial charge in [0.05, 0.1) is 11.6 Å². The van der Waals surface area contributed by atoms with E-state index in [1.165, 1.54) is 5.56 Å². The van der Waals surface area contributed by atoms with Crippen molar-refractivity contribution in [3.63, 3.8) is 0 Å². The van der Waals surface area contributed by atoms with Crippen LogP contribution in [0.2, 0.25) is 0 Å². The van der Waals surface area contributed by atoms with Gasteiger partial charge in [0.15, 0.2) is 0 Å². The Balaban J connectivity index is 1.37. The SMILES string of the molecule is Cc1c(C)c2ccc(OC3CCN(Cc4ccc(C#N)cc4)CC3)cc2oc1=O. The van der Waals surface area contributed by atoms with Gasteiger partial charge in [0.25, 0.3) is 0 Å². The molecule has 1 aliphatic rings. The number of aryl methyl sites for hydroxylation is 1. The van der Waals surface area contributed by atoms with Crippen LogP contribution in [0.4, 0.5) is 0 Å². The number of nitriles is 1. The maximum absolute atomic E-state index is 11.9. The van der Waals surface area contributed by atoms with Gasteiger partial charge in [0.2, 0.25) is 0 Å². The van der Waals surface area contributed by atoms with E-state index in [0.717, 1.165) is 49.2 Å². The van der Waals surface area contributed by atoms with Crippen molar-refractivity contribution >= 4 is 11.0 Å². The third-order valence-electron chi connectivity index (χ3n) is 5.75. The van der Waals surface area contributed by atoms with Crippen LogP contribution in [0.15, 0.2) is 51.7 Å². The molecule has 0 spiro atoms. The molecule has 4 rings (SSSR count). The fraction of sp³-hybridized carbons (Fsp3) is 0.333. The molecule has 0 atom stereocenters. The average Bonchev–Trinajstić information content (AvgIpc) is 2.74. The zero-order chi connectivity index (χ0) is 20.4. The van der Waals surface area contributed by atoms with Gasteiger partial charge in [-0.15, -0.1) is 0 Å². The number of hydrogen-bond acceptors (Lipinski definition) is 5. The summed E-state index contributed by atoms with van der Waals surface area (Å²) in [4.78, 5) is 14.4. The van der Waals surface area contributed by atoms with E-state index < -0.39 is 0 Å². The van der Waals surface area contributed by atoms with Crippen molar-refractivity contribution in [1.29, 1.82) is 5.26 Å². The highest BCUT2D eigenvalue weighted by atomic mass is 16.5. The Hall–Kier alpha value is -3.10. The summed E-state index contributed by atoms with van der Waals surface area (Å²) in [5.41, 5.74) is 3.81. The molecular formula is C24H24N2O3. The number of piperidine rings is 1. The number of ether oxygens (including phenoxy) is 1. The zero-order valence-electron chi connectivity index (χ0n) is 16.8. The van der Waals surface area contributed by atoms with Gasteiger partial charge in [-0.1, -0.05) is 12.1 Å². The van der Waals surface area contributed by atoms with E-state index in [-0.39, 0.29) is 11.7 Å². The number of fused-ring (bicyclic) bond motifs is 1. The Kier molecular flexibility index (Phi) is 5.37. The van der Waals surface area contributed by atoms with Crippen molar-refractivity contribution in [2.24, 2.45) is 0 Å². The lowest BCUT2D eigenvalue weighted by atomic mass is 10.1. The first-order chi connectivity index (χ1) is 14.0. The van der Waals surface area contributed by atoms with Gasteiger partial charge in [-0.25, -0.2) is 4.79 Å². The standard InChI is InChI=1S/C24H24N2O3/c1-16-17(2)24(27)29-23-13-21(7-8-22(16)23)28-20-9-11-26(12-10-20)15-19-5-3-18(14-25)4-6-19/h3-8,13,20H,9-12,15H2,1-2H3. The van der Waals surface area contributed by atoms with Crippen molar-refractivity contribution in [3.8, 4) is 11.8 Å². The summed E-state index contributed by atoms with van der Waals surface area (Å²) >= 11 is 0. The highest BCUT2D eigenvalue weighted by molar-refractivity contribution is 5.82. The number of likely N-dealkylation sites (tertiary alicyclic amines) is 1. The lowest BCUT2D eigenvalue weighted by Gasteiger charge is -2.32. The normalized spacial score (nSPS) is 15.3. The Bertz CT molecular complexity index is 1120. The van der Waals surface area contributed by atoms with Gasteiger partial charge in [0, 0.05) is 36.7 Å². The Labute approximate surface area is 170 Å². The van der Waals surface area contributed by atoms with Gasteiger partial charge in [-0.2, -0.15) is 5.26 Å². The quantitative estimate of drug-likeness (QED) is 0.623. The molecule has 0 aliphatic carbocycles. The molecule has 1 aliphatic heterocycles. The van der Waals surface area contributed by atoms with Crippen LogP contribution < -0.4 is 10.4 Å². The second-order valence-corrected chi connectivity index (χ2v) is 7.70. The Morgan fingerprint density at radius 1 is 1.10 bits per heavy atom. The summed E-state index contributed by atoms with van der Waals surface area (Å²) in [6.45, 7) is 6.55. The van der Waals surface area contributed by atoms with Gasteiger partial charge in [-0.3, -0.25) is 4.90 Å². The molecule has 1 aromatic heterocycles. The molecule has 2 heterocycles. The molecule has 0 unspecified atom stereocenters. The third kappa shape index (κ3) is 4.18. The summed E-state index contributed by atoms with van der Waals surface area (Å²) in [6, 6.07) is 15.7. The molecule has 5 nitrogen and oxygen atoms in total. The van der Waals surface area contributed by atoms with Crippen LogP contribution in [0, 0.1) is 25.2 Å². The molecule has 3 aromatic rings. The summed E-state index contributed by atoms with van der Waals surface area (Å²) in [5, 5.41) is 9.85. The summed E-state index contributed by atoms with van der Waals surface area (Å²) in [5.74, 6) is 0.745. The maximum atomic E-state index is 11.9. The number of nitrogens with zero attached hydrogens (tertiary/aromatic N) is 2. The molecule has 1 saturated heterocycles. The molecule has 5 heteroatoms. The van der Waals surface area contributed by atoms with Crippen molar-refractivity contribution in [2.75, 3.05) is 13.1 Å². The van der Waals surface area contributed by atoms with E-state index >= 15 is 0 Å². The average molecular weight is 388 g/mol. The van der Waals surface area contributed by atoms with Crippen molar-refractivity contribution < 1.29 is 9.15 Å². The predicted molar refractivity (Wildman–Crippen MR) is 112 cm³/mol. The minimum Gasteiger partial charge on any atom is -0.490 e. The fourth-order valence-corrected chi connectivity index (χ4v) is 3.82. The third-order valence-corrected chi connectivity index (χ3v) is 5.75. The van der Waals surface area contributed by atoms with E-state index in [2.05, 4.69) is 11.0 Å². The largest absolute Gasteiger partial charge is 0.490 e. The second-order valence-electron chi connectivity index (χ2n) is 7.70. The number of rotatable bonds is 4. The highest BCUT2D eigenvalue weighted by Gasteiger charge is 2.21. The van der Waals surface area contributed by atoms with Crippen LogP contribution in [0.25, 0.3) is 11.0 Å². The number of benzene rings is 2. The molecule has 0 N–H and O–H groups in total. The molecule has 0 radical (unpaired) electrons. The van der Waals surface area contributed by atoms with Crippen LogP contribution in [0.1, 0.15) is 35.1 Å². The van der Waals surface area contributed by atoms with E-state index in [0.29, 0.717) is 16.7 Å². The smallest absolute Gasteiger partial charge is 0.339 e. The first-order valence-electron chi connectivity index (χ1n) is 9.95. The minimum absolute atomic E-state index is 0.155. The molecule has 0 bridgehead atoms. The fourth-order valence-electron chi connectivity index (χ4n) is 3.82. The zero-order valence-corrected chi connectivity index (χ0v) is 16.8. The van der Waals surface area contributed by atoms with E-state index in [1.54, 1.807) is 6.92 Å². The predicted octanol–water partition coefficient (Wildman–Crippen LogP) is 4.32. The Morgan fingerprint density at radius 2 is 1.83 bits per heavy atom. The van der Waals surface area contributed by atoms with Crippen LogP contribution >= 0.6 is 0 Å². The van der Waals surface area contributed by atoms with Crippen molar-refractivity contribution in [1.82, 2.24) is 4.90 Å². The maximum Gasteiger partial charge on any atom is 0.339 e.